The van der Waals surface area contributed by atoms with Gasteiger partial charge in [-0.05, 0) is 37.1 Å². The van der Waals surface area contributed by atoms with Crippen molar-refractivity contribution >= 4 is 5.91 Å². The van der Waals surface area contributed by atoms with E-state index in [0.717, 1.165) is 0 Å². The predicted molar refractivity (Wildman–Crippen MR) is 98.5 cm³/mol. The van der Waals surface area contributed by atoms with Gasteiger partial charge in [-0.25, -0.2) is 9.18 Å². The van der Waals surface area contributed by atoms with E-state index in [1.807, 2.05) is 30.3 Å². The molecule has 6 nitrogen and oxygen atoms in total. The average Bonchev–Trinajstić information content (AvgIpc) is 3.10. The molecule has 1 fully saturated rings. The molecule has 0 radical (unpaired) electrons. The first-order valence-corrected chi connectivity index (χ1v) is 8.92. The highest BCUT2D eigenvalue weighted by Gasteiger charge is 2.28. The molecule has 1 amide bonds. The third kappa shape index (κ3) is 3.40. The molecule has 0 aliphatic carbocycles. The molecule has 1 aliphatic rings. The van der Waals surface area contributed by atoms with E-state index in [-0.39, 0.29) is 23.1 Å². The van der Waals surface area contributed by atoms with Gasteiger partial charge < -0.3 is 4.90 Å². The molecular formula is C20H19FN4O2. The van der Waals surface area contributed by atoms with Crippen LogP contribution in [0.2, 0.25) is 0 Å². The summed E-state index contributed by atoms with van der Waals surface area (Å²) in [5, 5.41) is 4.43. The van der Waals surface area contributed by atoms with E-state index in [4.69, 9.17) is 0 Å². The molecular weight excluding hydrogens is 347 g/mol. The summed E-state index contributed by atoms with van der Waals surface area (Å²) in [6.45, 7) is 0.996. The largest absolute Gasteiger partial charge is 0.348 e. The zero-order valence-corrected chi connectivity index (χ0v) is 14.6. The lowest BCUT2D eigenvalue weighted by molar-refractivity contribution is 0.0706. The highest BCUT2D eigenvalue weighted by molar-refractivity contribution is 5.94. The van der Waals surface area contributed by atoms with Gasteiger partial charge >= 0.3 is 5.69 Å². The van der Waals surface area contributed by atoms with Crippen molar-refractivity contribution in [1.29, 1.82) is 0 Å². The molecule has 0 saturated carbocycles. The highest BCUT2D eigenvalue weighted by Crippen LogP contribution is 2.26. The van der Waals surface area contributed by atoms with Crippen LogP contribution in [0, 0.1) is 5.82 Å². The van der Waals surface area contributed by atoms with Crippen molar-refractivity contribution in [2.75, 3.05) is 13.1 Å². The second kappa shape index (κ2) is 7.19. The third-order valence-electron chi connectivity index (χ3n) is 4.91. The Bertz CT molecular complexity index is 1000. The number of benzene rings is 2. The quantitative estimate of drug-likeness (QED) is 0.775. The molecule has 1 saturated heterocycles. The number of hydrogen-bond donors (Lipinski definition) is 1. The number of carbonyl (C=O) groups is 1. The lowest BCUT2D eigenvalue weighted by atomic mass is 9.95. The topological polar surface area (TPSA) is 71.0 Å². The first kappa shape index (κ1) is 17.2. The fourth-order valence-electron chi connectivity index (χ4n) is 3.43. The van der Waals surface area contributed by atoms with Crippen molar-refractivity contribution < 1.29 is 9.18 Å². The number of halogens is 1. The van der Waals surface area contributed by atoms with Gasteiger partial charge in [0.15, 0.2) is 0 Å². The summed E-state index contributed by atoms with van der Waals surface area (Å²) < 4.78 is 15.2. The Balaban J connectivity index is 1.46. The first-order chi connectivity index (χ1) is 13.1. The van der Waals surface area contributed by atoms with Crippen LogP contribution in [0.1, 0.15) is 34.9 Å². The number of nitrogens with zero attached hydrogens (tertiary/aromatic N) is 3. The molecule has 2 heterocycles. The van der Waals surface area contributed by atoms with Gasteiger partial charge in [0.05, 0.1) is 11.3 Å². The summed E-state index contributed by atoms with van der Waals surface area (Å²) in [7, 11) is 0. The highest BCUT2D eigenvalue weighted by atomic mass is 19.1. The number of hydrogen-bond acceptors (Lipinski definition) is 3. The first-order valence-electron chi connectivity index (χ1n) is 8.92. The van der Waals surface area contributed by atoms with Crippen molar-refractivity contribution in [3.63, 3.8) is 0 Å². The molecule has 3 aromatic rings. The standard InChI is InChI=1S/C20H19FN4O2/c21-17-9-5-4-8-16(17)19(26)24-12-10-14(11-13-24)18-22-20(27)25(23-18)15-6-2-1-3-7-15/h1-9,14H,10-13H2,(H,22,23,27). The maximum atomic E-state index is 13.8. The number of nitrogens with one attached hydrogen (secondary N) is 1. The van der Waals surface area contributed by atoms with E-state index < -0.39 is 5.82 Å². The van der Waals surface area contributed by atoms with Crippen LogP contribution in [0.5, 0.6) is 0 Å². The van der Waals surface area contributed by atoms with Crippen LogP contribution in [0.25, 0.3) is 5.69 Å². The Morgan fingerprint density at radius 1 is 1.04 bits per heavy atom. The number of rotatable bonds is 3. The fourth-order valence-corrected chi connectivity index (χ4v) is 3.43. The van der Waals surface area contributed by atoms with Crippen LogP contribution >= 0.6 is 0 Å². The van der Waals surface area contributed by atoms with E-state index in [9.17, 15) is 14.0 Å². The summed E-state index contributed by atoms with van der Waals surface area (Å²) in [6.07, 6.45) is 1.34. The van der Waals surface area contributed by atoms with Crippen molar-refractivity contribution in [3.05, 3.63) is 82.3 Å². The van der Waals surface area contributed by atoms with E-state index in [1.54, 1.807) is 17.0 Å². The molecule has 1 N–H and O–H groups in total. The minimum Gasteiger partial charge on any atom is -0.339 e. The van der Waals surface area contributed by atoms with Crippen molar-refractivity contribution in [1.82, 2.24) is 19.7 Å². The minimum atomic E-state index is -0.504. The van der Waals surface area contributed by atoms with Crippen LogP contribution in [-0.2, 0) is 0 Å². The van der Waals surface area contributed by atoms with Crippen LogP contribution < -0.4 is 5.69 Å². The molecule has 1 aromatic heterocycles. The molecule has 138 valence electrons. The van der Waals surface area contributed by atoms with E-state index >= 15 is 0 Å². The lowest BCUT2D eigenvalue weighted by Gasteiger charge is -2.31. The maximum Gasteiger partial charge on any atom is 0.348 e. The van der Waals surface area contributed by atoms with Crippen molar-refractivity contribution in [2.24, 2.45) is 0 Å². The molecule has 1 aliphatic heterocycles. The normalized spacial score (nSPS) is 15.1. The Kier molecular flexibility index (Phi) is 4.58. The third-order valence-corrected chi connectivity index (χ3v) is 4.91. The zero-order valence-electron chi connectivity index (χ0n) is 14.6. The van der Waals surface area contributed by atoms with Gasteiger partial charge in [-0.3, -0.25) is 9.78 Å². The van der Waals surface area contributed by atoms with Gasteiger partial charge in [0.1, 0.15) is 11.6 Å². The molecule has 0 unspecified atom stereocenters. The van der Waals surface area contributed by atoms with Crippen LogP contribution in [0.4, 0.5) is 4.39 Å². The van der Waals surface area contributed by atoms with Crippen LogP contribution in [0.3, 0.4) is 0 Å². The van der Waals surface area contributed by atoms with Gasteiger partial charge in [0.25, 0.3) is 5.91 Å². The maximum absolute atomic E-state index is 13.8. The number of amides is 1. The van der Waals surface area contributed by atoms with Gasteiger partial charge in [-0.1, -0.05) is 30.3 Å². The number of likely N-dealkylation sites (tertiary alicyclic amines) is 1. The molecule has 0 spiro atoms. The van der Waals surface area contributed by atoms with Crippen LogP contribution in [0.15, 0.2) is 59.4 Å². The van der Waals surface area contributed by atoms with Crippen LogP contribution in [-0.4, -0.2) is 38.7 Å². The summed E-state index contributed by atoms with van der Waals surface area (Å²) in [5.74, 6) is -0.111. The van der Waals surface area contributed by atoms with Gasteiger partial charge in [-0.15, -0.1) is 5.10 Å². The van der Waals surface area contributed by atoms with Gasteiger partial charge in [0.2, 0.25) is 0 Å². The predicted octanol–water partition coefficient (Wildman–Crippen LogP) is 2.72. The number of aromatic nitrogens is 3. The fraction of sp³-hybridized carbons (Fsp3) is 0.250. The monoisotopic (exact) mass is 366 g/mol. The smallest absolute Gasteiger partial charge is 0.339 e. The number of carbonyl (C=O) groups excluding carboxylic acids is 1. The average molecular weight is 366 g/mol. The number of piperidine rings is 1. The number of H-pyrrole nitrogens is 1. The molecule has 2 aromatic carbocycles. The Morgan fingerprint density at radius 2 is 1.70 bits per heavy atom. The van der Waals surface area contributed by atoms with Crippen molar-refractivity contribution in [3.8, 4) is 5.69 Å². The summed E-state index contributed by atoms with van der Waals surface area (Å²) in [6, 6.07) is 15.2. The molecule has 0 bridgehead atoms. The lowest BCUT2D eigenvalue weighted by Crippen LogP contribution is -2.38. The summed E-state index contributed by atoms with van der Waals surface area (Å²) in [5.41, 5.74) is 0.524. The second-order valence-corrected chi connectivity index (χ2v) is 6.61. The van der Waals surface area contributed by atoms with Gasteiger partial charge in [0, 0.05) is 19.0 Å². The summed E-state index contributed by atoms with van der Waals surface area (Å²) >= 11 is 0. The van der Waals surface area contributed by atoms with Crippen molar-refractivity contribution in [2.45, 2.75) is 18.8 Å². The molecule has 7 heteroatoms. The second-order valence-electron chi connectivity index (χ2n) is 6.61. The molecule has 27 heavy (non-hydrogen) atoms. The van der Waals surface area contributed by atoms with Gasteiger partial charge in [-0.2, -0.15) is 4.68 Å². The summed E-state index contributed by atoms with van der Waals surface area (Å²) in [4.78, 5) is 29.2. The number of aromatic amines is 1. The Hall–Kier alpha value is -3.22. The Morgan fingerprint density at radius 3 is 2.41 bits per heavy atom. The SMILES string of the molecule is O=C(c1ccccc1F)N1CCC(c2nn(-c3ccccc3)c(=O)[nH]2)CC1. The van der Waals surface area contributed by atoms with E-state index in [0.29, 0.717) is 37.4 Å². The minimum absolute atomic E-state index is 0.0623. The molecule has 4 rings (SSSR count). The number of para-hydroxylation sites is 1. The zero-order chi connectivity index (χ0) is 18.8. The van der Waals surface area contributed by atoms with E-state index in [1.165, 1.54) is 16.8 Å². The molecule has 0 atom stereocenters. The Labute approximate surface area is 155 Å². The van der Waals surface area contributed by atoms with E-state index in [2.05, 4.69) is 10.1 Å².